The van der Waals surface area contributed by atoms with Crippen molar-refractivity contribution in [3.8, 4) is 0 Å². The molecule has 1 atom stereocenters. The van der Waals surface area contributed by atoms with Crippen molar-refractivity contribution in [2.45, 2.75) is 52.1 Å². The third kappa shape index (κ3) is 3.01. The smallest absolute Gasteiger partial charge is 0.0705 e. The quantitative estimate of drug-likeness (QED) is 0.898. The van der Waals surface area contributed by atoms with Crippen LogP contribution in [0.1, 0.15) is 43.9 Å². The molecule has 0 saturated heterocycles. The van der Waals surface area contributed by atoms with E-state index in [-0.39, 0.29) is 0 Å². The first kappa shape index (κ1) is 13.6. The summed E-state index contributed by atoms with van der Waals surface area (Å²) in [7, 11) is 0. The molecule has 2 nitrogen and oxygen atoms in total. The van der Waals surface area contributed by atoms with E-state index in [2.05, 4.69) is 47.6 Å². The Morgan fingerprint density at radius 1 is 1.20 bits per heavy atom. The summed E-state index contributed by atoms with van der Waals surface area (Å²) in [5.41, 5.74) is 3.53. The Labute approximate surface area is 121 Å². The Kier molecular flexibility index (Phi) is 4.02. The summed E-state index contributed by atoms with van der Waals surface area (Å²) in [5, 5.41) is 4.94. The van der Waals surface area contributed by atoms with Crippen LogP contribution < -0.4 is 5.32 Å². The summed E-state index contributed by atoms with van der Waals surface area (Å²) >= 11 is 0. The van der Waals surface area contributed by atoms with Crippen molar-refractivity contribution >= 4 is 10.9 Å². The number of pyridine rings is 1. The summed E-state index contributed by atoms with van der Waals surface area (Å²) in [6, 6.07) is 11.5. The first-order valence-corrected chi connectivity index (χ1v) is 7.82. The molecule has 0 amide bonds. The lowest BCUT2D eigenvalue weighted by atomic mass is 9.99. The number of hydrogen-bond donors (Lipinski definition) is 1. The van der Waals surface area contributed by atoms with Crippen LogP contribution in [-0.2, 0) is 6.54 Å². The number of nitrogens with zero attached hydrogens (tertiary/aromatic N) is 1. The SMILES string of the molecule is Cc1ccc2cc(CNC(C)C3CCCC3)ccc2n1. The normalized spacial score (nSPS) is 17.7. The Hall–Kier alpha value is -1.41. The molecule has 0 bridgehead atoms. The van der Waals surface area contributed by atoms with Crippen molar-refractivity contribution in [3.63, 3.8) is 0 Å². The number of benzene rings is 1. The molecule has 2 heteroatoms. The Morgan fingerprint density at radius 2 is 2.00 bits per heavy atom. The molecule has 1 aliphatic rings. The fourth-order valence-electron chi connectivity index (χ4n) is 3.29. The van der Waals surface area contributed by atoms with Gasteiger partial charge in [0, 0.05) is 23.7 Å². The lowest BCUT2D eigenvalue weighted by molar-refractivity contribution is 0.380. The molecule has 1 fully saturated rings. The number of aryl methyl sites for hydroxylation is 1. The molecule has 0 radical (unpaired) electrons. The fraction of sp³-hybridized carbons (Fsp3) is 0.500. The molecule has 1 N–H and O–H groups in total. The van der Waals surface area contributed by atoms with E-state index in [0.717, 1.165) is 23.7 Å². The van der Waals surface area contributed by atoms with Crippen LogP contribution in [0, 0.1) is 12.8 Å². The highest BCUT2D eigenvalue weighted by molar-refractivity contribution is 5.79. The van der Waals surface area contributed by atoms with Gasteiger partial charge in [-0.05, 0) is 56.4 Å². The lowest BCUT2D eigenvalue weighted by Gasteiger charge is -2.20. The molecule has 2 aromatic rings. The molecule has 3 rings (SSSR count). The third-order valence-corrected chi connectivity index (χ3v) is 4.63. The van der Waals surface area contributed by atoms with Crippen molar-refractivity contribution in [2.75, 3.05) is 0 Å². The van der Waals surface area contributed by atoms with Gasteiger partial charge in [0.15, 0.2) is 0 Å². The minimum absolute atomic E-state index is 0.629. The molecule has 0 aliphatic heterocycles. The first-order chi connectivity index (χ1) is 9.72. The van der Waals surface area contributed by atoms with Gasteiger partial charge in [-0.25, -0.2) is 0 Å². The zero-order chi connectivity index (χ0) is 13.9. The van der Waals surface area contributed by atoms with Crippen LogP contribution in [0.5, 0.6) is 0 Å². The second kappa shape index (κ2) is 5.92. The highest BCUT2D eigenvalue weighted by Crippen LogP contribution is 2.27. The number of hydrogen-bond acceptors (Lipinski definition) is 2. The van der Waals surface area contributed by atoms with Crippen molar-refractivity contribution in [2.24, 2.45) is 5.92 Å². The monoisotopic (exact) mass is 268 g/mol. The van der Waals surface area contributed by atoms with E-state index in [1.54, 1.807) is 0 Å². The van der Waals surface area contributed by atoms with Crippen LogP contribution in [-0.4, -0.2) is 11.0 Å². The van der Waals surface area contributed by atoms with Crippen LogP contribution in [0.25, 0.3) is 10.9 Å². The van der Waals surface area contributed by atoms with Crippen LogP contribution in [0.2, 0.25) is 0 Å². The lowest BCUT2D eigenvalue weighted by Crippen LogP contribution is -2.31. The topological polar surface area (TPSA) is 24.9 Å². The van der Waals surface area contributed by atoms with Crippen LogP contribution in [0.3, 0.4) is 0 Å². The zero-order valence-electron chi connectivity index (χ0n) is 12.5. The summed E-state index contributed by atoms with van der Waals surface area (Å²) in [6.07, 6.45) is 5.62. The average molecular weight is 268 g/mol. The molecule has 106 valence electrons. The number of rotatable bonds is 4. The maximum Gasteiger partial charge on any atom is 0.0705 e. The van der Waals surface area contributed by atoms with Gasteiger partial charge in [-0.2, -0.15) is 0 Å². The van der Waals surface area contributed by atoms with Gasteiger partial charge < -0.3 is 5.32 Å². The highest BCUT2D eigenvalue weighted by atomic mass is 14.9. The molecular weight excluding hydrogens is 244 g/mol. The van der Waals surface area contributed by atoms with E-state index in [1.807, 2.05) is 6.92 Å². The van der Waals surface area contributed by atoms with Gasteiger partial charge in [0.05, 0.1) is 5.52 Å². The van der Waals surface area contributed by atoms with Crippen molar-refractivity contribution in [3.05, 3.63) is 41.6 Å². The van der Waals surface area contributed by atoms with E-state index < -0.39 is 0 Å². The summed E-state index contributed by atoms with van der Waals surface area (Å²) in [5.74, 6) is 0.875. The van der Waals surface area contributed by atoms with Crippen LogP contribution in [0.15, 0.2) is 30.3 Å². The van der Waals surface area contributed by atoms with Crippen molar-refractivity contribution in [1.82, 2.24) is 10.3 Å². The average Bonchev–Trinajstić information content (AvgIpc) is 2.99. The Morgan fingerprint density at radius 3 is 2.80 bits per heavy atom. The number of nitrogens with one attached hydrogen (secondary N) is 1. The van der Waals surface area contributed by atoms with Gasteiger partial charge in [-0.3, -0.25) is 4.98 Å². The molecule has 0 spiro atoms. The number of aromatic nitrogens is 1. The van der Waals surface area contributed by atoms with Crippen molar-refractivity contribution < 1.29 is 0 Å². The Balaban J connectivity index is 1.66. The largest absolute Gasteiger partial charge is 0.310 e. The van der Waals surface area contributed by atoms with Crippen LogP contribution in [0.4, 0.5) is 0 Å². The molecule has 1 unspecified atom stereocenters. The van der Waals surface area contributed by atoms with Gasteiger partial charge in [-0.1, -0.05) is 25.0 Å². The number of fused-ring (bicyclic) bond motifs is 1. The van der Waals surface area contributed by atoms with Gasteiger partial charge in [-0.15, -0.1) is 0 Å². The molecule has 20 heavy (non-hydrogen) atoms. The van der Waals surface area contributed by atoms with E-state index in [9.17, 15) is 0 Å². The summed E-state index contributed by atoms with van der Waals surface area (Å²) < 4.78 is 0. The van der Waals surface area contributed by atoms with Gasteiger partial charge >= 0.3 is 0 Å². The first-order valence-electron chi connectivity index (χ1n) is 7.82. The summed E-state index contributed by atoms with van der Waals surface area (Å²) in [6.45, 7) is 5.33. The maximum atomic E-state index is 4.55. The van der Waals surface area contributed by atoms with E-state index in [0.29, 0.717) is 6.04 Å². The molecule has 1 aromatic carbocycles. The zero-order valence-corrected chi connectivity index (χ0v) is 12.5. The minimum atomic E-state index is 0.629. The predicted molar refractivity (Wildman–Crippen MR) is 84.7 cm³/mol. The second-order valence-corrected chi connectivity index (χ2v) is 6.19. The van der Waals surface area contributed by atoms with Crippen molar-refractivity contribution in [1.29, 1.82) is 0 Å². The third-order valence-electron chi connectivity index (χ3n) is 4.63. The standard InChI is InChI=1S/C18H24N2/c1-13-7-9-17-11-15(8-10-18(17)20-13)12-19-14(2)16-5-3-4-6-16/h7-11,14,16,19H,3-6,12H2,1-2H3. The van der Waals surface area contributed by atoms with E-state index >= 15 is 0 Å². The minimum Gasteiger partial charge on any atom is -0.310 e. The molecule has 1 aliphatic carbocycles. The molecule has 1 saturated carbocycles. The molecule has 1 aromatic heterocycles. The van der Waals surface area contributed by atoms with Gasteiger partial charge in [0.2, 0.25) is 0 Å². The molecule has 1 heterocycles. The predicted octanol–water partition coefficient (Wildman–Crippen LogP) is 4.21. The maximum absolute atomic E-state index is 4.55. The van der Waals surface area contributed by atoms with Gasteiger partial charge in [0.25, 0.3) is 0 Å². The fourth-order valence-corrected chi connectivity index (χ4v) is 3.29. The second-order valence-electron chi connectivity index (χ2n) is 6.19. The van der Waals surface area contributed by atoms with E-state index in [1.165, 1.54) is 36.6 Å². The van der Waals surface area contributed by atoms with E-state index in [4.69, 9.17) is 0 Å². The summed E-state index contributed by atoms with van der Waals surface area (Å²) in [4.78, 5) is 4.55. The highest BCUT2D eigenvalue weighted by Gasteiger charge is 2.20. The Bertz CT molecular complexity index is 585. The van der Waals surface area contributed by atoms with Gasteiger partial charge in [0.1, 0.15) is 0 Å². The van der Waals surface area contributed by atoms with Crippen LogP contribution >= 0.6 is 0 Å². The molecular formula is C18H24N2.